The third-order valence-corrected chi connectivity index (χ3v) is 5.16. The topological polar surface area (TPSA) is 76.8 Å². The fourth-order valence-electron chi connectivity index (χ4n) is 3.63. The SMILES string of the molecule is O=C(Nc1n[nH]c2ccccc12)N1CCc2c([nH]c3cc(Cl)ccc23)C1. The van der Waals surface area contributed by atoms with Gasteiger partial charge in [-0.15, -0.1) is 0 Å². The first-order valence-electron chi connectivity index (χ1n) is 8.47. The van der Waals surface area contributed by atoms with Crippen molar-refractivity contribution in [1.82, 2.24) is 20.1 Å². The van der Waals surface area contributed by atoms with Gasteiger partial charge in [0.25, 0.3) is 0 Å². The Bertz CT molecular complexity index is 1150. The number of anilines is 1. The quantitative estimate of drug-likeness (QED) is 0.470. The number of para-hydroxylation sites is 1. The van der Waals surface area contributed by atoms with Crippen molar-refractivity contribution in [3.8, 4) is 0 Å². The molecule has 0 unspecified atom stereocenters. The Hall–Kier alpha value is -2.99. The van der Waals surface area contributed by atoms with Gasteiger partial charge in [0, 0.05) is 33.6 Å². The summed E-state index contributed by atoms with van der Waals surface area (Å²) >= 11 is 6.08. The second-order valence-corrected chi connectivity index (χ2v) is 6.93. The molecular formula is C19H16ClN5O. The molecule has 130 valence electrons. The van der Waals surface area contributed by atoms with Gasteiger partial charge in [-0.25, -0.2) is 4.79 Å². The first-order chi connectivity index (χ1) is 12.7. The monoisotopic (exact) mass is 365 g/mol. The Morgan fingerprint density at radius 3 is 2.96 bits per heavy atom. The molecule has 0 saturated carbocycles. The number of H-pyrrole nitrogens is 2. The number of urea groups is 1. The number of hydrogen-bond donors (Lipinski definition) is 3. The third-order valence-electron chi connectivity index (χ3n) is 4.92. The number of hydrogen-bond acceptors (Lipinski definition) is 2. The van der Waals surface area contributed by atoms with Gasteiger partial charge in [-0.3, -0.25) is 10.4 Å². The van der Waals surface area contributed by atoms with Crippen molar-refractivity contribution in [2.24, 2.45) is 0 Å². The third kappa shape index (κ3) is 2.42. The first kappa shape index (κ1) is 15.3. The fourth-order valence-corrected chi connectivity index (χ4v) is 3.81. The summed E-state index contributed by atoms with van der Waals surface area (Å²) in [5, 5.41) is 12.9. The van der Waals surface area contributed by atoms with Gasteiger partial charge in [0.1, 0.15) is 0 Å². The minimum Gasteiger partial charge on any atom is -0.357 e. The standard InChI is InChI=1S/C19H16ClN5O/c20-11-5-6-12-13-7-8-25(10-17(13)21-16(12)9-11)19(26)22-18-14-3-1-2-4-15(14)23-24-18/h1-6,9,21H,7-8,10H2,(H2,22,23,24,26). The van der Waals surface area contributed by atoms with Crippen LogP contribution < -0.4 is 5.32 Å². The lowest BCUT2D eigenvalue weighted by Crippen LogP contribution is -2.38. The Morgan fingerprint density at radius 1 is 1.15 bits per heavy atom. The number of halogens is 1. The van der Waals surface area contributed by atoms with E-state index in [9.17, 15) is 4.79 Å². The van der Waals surface area contributed by atoms with Crippen LogP contribution in [0.4, 0.5) is 10.6 Å². The number of aromatic amines is 2. The molecular weight excluding hydrogens is 350 g/mol. The minimum atomic E-state index is -0.149. The highest BCUT2D eigenvalue weighted by Gasteiger charge is 2.24. The van der Waals surface area contributed by atoms with Crippen molar-refractivity contribution in [2.45, 2.75) is 13.0 Å². The number of benzene rings is 2. The molecule has 0 atom stereocenters. The number of carbonyl (C=O) groups excluding carboxylic acids is 1. The molecule has 5 rings (SSSR count). The molecule has 6 nitrogen and oxygen atoms in total. The molecule has 0 fully saturated rings. The van der Waals surface area contributed by atoms with E-state index in [1.807, 2.05) is 42.5 Å². The number of aromatic nitrogens is 3. The van der Waals surface area contributed by atoms with Crippen molar-refractivity contribution in [2.75, 3.05) is 11.9 Å². The number of fused-ring (bicyclic) bond motifs is 4. The highest BCUT2D eigenvalue weighted by atomic mass is 35.5. The van der Waals surface area contributed by atoms with Crippen molar-refractivity contribution in [3.05, 3.63) is 58.7 Å². The molecule has 1 aliphatic heterocycles. The normalized spacial score (nSPS) is 14.0. The van der Waals surface area contributed by atoms with E-state index in [4.69, 9.17) is 11.6 Å². The average Bonchev–Trinajstić information content (AvgIpc) is 3.21. The second-order valence-electron chi connectivity index (χ2n) is 6.49. The Kier molecular flexibility index (Phi) is 3.39. The van der Waals surface area contributed by atoms with Gasteiger partial charge < -0.3 is 9.88 Å². The summed E-state index contributed by atoms with van der Waals surface area (Å²) in [5.74, 6) is 0.555. The summed E-state index contributed by atoms with van der Waals surface area (Å²) in [4.78, 5) is 17.9. The van der Waals surface area contributed by atoms with Gasteiger partial charge in [0.05, 0.1) is 12.1 Å². The van der Waals surface area contributed by atoms with Crippen LogP contribution in [0.3, 0.4) is 0 Å². The molecule has 2 aromatic heterocycles. The van der Waals surface area contributed by atoms with Crippen LogP contribution in [0.15, 0.2) is 42.5 Å². The van der Waals surface area contributed by atoms with E-state index in [-0.39, 0.29) is 6.03 Å². The zero-order valence-electron chi connectivity index (χ0n) is 13.8. The summed E-state index contributed by atoms with van der Waals surface area (Å²) in [6.45, 7) is 1.20. The molecule has 7 heteroatoms. The predicted octanol–water partition coefficient (Wildman–Crippen LogP) is 4.29. The van der Waals surface area contributed by atoms with Gasteiger partial charge in [-0.05, 0) is 36.2 Å². The van der Waals surface area contributed by atoms with E-state index in [0.29, 0.717) is 23.9 Å². The number of rotatable bonds is 1. The highest BCUT2D eigenvalue weighted by Crippen LogP contribution is 2.29. The number of carbonyl (C=O) groups is 1. The maximum atomic E-state index is 12.7. The predicted molar refractivity (Wildman–Crippen MR) is 103 cm³/mol. The lowest BCUT2D eigenvalue weighted by Gasteiger charge is -2.27. The Morgan fingerprint density at radius 2 is 2.04 bits per heavy atom. The van der Waals surface area contributed by atoms with Crippen molar-refractivity contribution in [3.63, 3.8) is 0 Å². The molecule has 0 bridgehead atoms. The average molecular weight is 366 g/mol. The van der Waals surface area contributed by atoms with Gasteiger partial charge >= 0.3 is 6.03 Å². The number of nitrogens with zero attached hydrogens (tertiary/aromatic N) is 2. The van der Waals surface area contributed by atoms with E-state index in [1.165, 1.54) is 10.9 Å². The van der Waals surface area contributed by atoms with E-state index in [2.05, 4.69) is 20.5 Å². The van der Waals surface area contributed by atoms with Crippen LogP contribution in [0.5, 0.6) is 0 Å². The summed E-state index contributed by atoms with van der Waals surface area (Å²) in [6.07, 6.45) is 0.811. The van der Waals surface area contributed by atoms with E-state index in [1.54, 1.807) is 4.90 Å². The smallest absolute Gasteiger partial charge is 0.323 e. The molecule has 4 aromatic rings. The minimum absolute atomic E-state index is 0.149. The van der Waals surface area contributed by atoms with Crippen LogP contribution in [-0.2, 0) is 13.0 Å². The van der Waals surface area contributed by atoms with Crippen LogP contribution in [0.1, 0.15) is 11.3 Å². The van der Waals surface area contributed by atoms with E-state index in [0.717, 1.165) is 28.5 Å². The van der Waals surface area contributed by atoms with Crippen LogP contribution >= 0.6 is 11.6 Å². The summed E-state index contributed by atoms with van der Waals surface area (Å²) < 4.78 is 0. The molecule has 2 amide bonds. The maximum absolute atomic E-state index is 12.7. The summed E-state index contributed by atoms with van der Waals surface area (Å²) in [7, 11) is 0. The molecule has 0 saturated heterocycles. The molecule has 26 heavy (non-hydrogen) atoms. The molecule has 1 aliphatic rings. The van der Waals surface area contributed by atoms with Gasteiger partial charge in [0.2, 0.25) is 0 Å². The van der Waals surface area contributed by atoms with Gasteiger partial charge in [0.15, 0.2) is 5.82 Å². The molecule has 3 heterocycles. The largest absolute Gasteiger partial charge is 0.357 e. The number of amides is 2. The van der Waals surface area contributed by atoms with E-state index >= 15 is 0 Å². The molecule has 3 N–H and O–H groups in total. The van der Waals surface area contributed by atoms with Crippen molar-refractivity contribution in [1.29, 1.82) is 0 Å². The van der Waals surface area contributed by atoms with Gasteiger partial charge in [-0.2, -0.15) is 5.10 Å². The van der Waals surface area contributed by atoms with Crippen molar-refractivity contribution >= 4 is 45.3 Å². The lowest BCUT2D eigenvalue weighted by molar-refractivity contribution is 0.206. The molecule has 0 radical (unpaired) electrons. The van der Waals surface area contributed by atoms with Gasteiger partial charge in [-0.1, -0.05) is 29.8 Å². The highest BCUT2D eigenvalue weighted by molar-refractivity contribution is 6.31. The Labute approximate surface area is 154 Å². The van der Waals surface area contributed by atoms with Crippen LogP contribution in [0.2, 0.25) is 5.02 Å². The fraction of sp³-hybridized carbons (Fsp3) is 0.158. The zero-order valence-corrected chi connectivity index (χ0v) is 14.6. The molecule has 0 aliphatic carbocycles. The Balaban J connectivity index is 1.40. The van der Waals surface area contributed by atoms with Crippen LogP contribution in [0.25, 0.3) is 21.8 Å². The summed E-state index contributed by atoms with van der Waals surface area (Å²) in [6, 6.07) is 13.4. The zero-order chi connectivity index (χ0) is 17.7. The summed E-state index contributed by atoms with van der Waals surface area (Å²) in [5.41, 5.74) is 4.25. The van der Waals surface area contributed by atoms with Crippen LogP contribution in [0, 0.1) is 0 Å². The first-order valence-corrected chi connectivity index (χ1v) is 8.85. The maximum Gasteiger partial charge on any atom is 0.323 e. The van der Waals surface area contributed by atoms with Crippen molar-refractivity contribution < 1.29 is 4.79 Å². The van der Waals surface area contributed by atoms with E-state index < -0.39 is 0 Å². The second kappa shape index (κ2) is 5.78. The molecule has 2 aromatic carbocycles. The molecule has 0 spiro atoms. The van der Waals surface area contributed by atoms with Crippen LogP contribution in [-0.4, -0.2) is 32.7 Å². The number of nitrogens with one attached hydrogen (secondary N) is 3. The lowest BCUT2D eigenvalue weighted by atomic mass is 10.0.